The molecule has 0 atom stereocenters. The van der Waals surface area contributed by atoms with E-state index in [1.165, 1.54) is 18.2 Å². The molecule has 0 heterocycles. The van der Waals surface area contributed by atoms with Gasteiger partial charge in [-0.15, -0.1) is 0 Å². The first-order chi connectivity index (χ1) is 7.56. The maximum absolute atomic E-state index is 11.0. The highest BCUT2D eigenvalue weighted by molar-refractivity contribution is 5.91. The Hall–Kier alpha value is -2.42. The van der Waals surface area contributed by atoms with Gasteiger partial charge in [-0.3, -0.25) is 10.1 Å². The molecule has 0 aromatic heterocycles. The van der Waals surface area contributed by atoms with Gasteiger partial charge in [0.1, 0.15) is 0 Å². The molecule has 1 aromatic rings. The molecule has 0 aliphatic carbocycles. The van der Waals surface area contributed by atoms with Crippen molar-refractivity contribution in [2.75, 3.05) is 0 Å². The summed E-state index contributed by atoms with van der Waals surface area (Å²) < 4.78 is 0. The number of benzene rings is 1. The van der Waals surface area contributed by atoms with Crippen molar-refractivity contribution in [3.8, 4) is 6.07 Å². The number of rotatable bonds is 4. The first-order valence-electron chi connectivity index (χ1n) is 4.39. The summed E-state index contributed by atoms with van der Waals surface area (Å²) in [6.07, 6.45) is -0.0762. The van der Waals surface area contributed by atoms with E-state index in [4.69, 9.17) is 10.4 Å². The lowest BCUT2D eigenvalue weighted by Gasteiger charge is -2.05. The van der Waals surface area contributed by atoms with Gasteiger partial charge in [0.15, 0.2) is 0 Å². The fraction of sp³-hybridized carbons (Fsp3) is 0.200. The molecule has 1 rings (SSSR count). The summed E-state index contributed by atoms with van der Waals surface area (Å²) in [6.45, 7) is -0.555. The van der Waals surface area contributed by atoms with Crippen LogP contribution in [0, 0.1) is 21.4 Å². The SMILES string of the molecule is N#CCc1cccc(C[N+](=O)[O-])c1C(=O)O. The molecule has 1 aromatic carbocycles. The smallest absolute Gasteiger partial charge is 0.336 e. The van der Waals surface area contributed by atoms with Gasteiger partial charge >= 0.3 is 5.97 Å². The number of nitro groups is 1. The summed E-state index contributed by atoms with van der Waals surface area (Å²) in [5.74, 6) is -1.25. The van der Waals surface area contributed by atoms with Crippen molar-refractivity contribution in [2.45, 2.75) is 13.0 Å². The molecule has 1 N–H and O–H groups in total. The molecule has 0 aliphatic heterocycles. The second-order valence-corrected chi connectivity index (χ2v) is 3.08. The van der Waals surface area contributed by atoms with E-state index in [9.17, 15) is 14.9 Å². The number of hydrogen-bond acceptors (Lipinski definition) is 4. The normalized spacial score (nSPS) is 9.44. The van der Waals surface area contributed by atoms with Crippen LogP contribution in [0.3, 0.4) is 0 Å². The van der Waals surface area contributed by atoms with Crippen LogP contribution in [0.4, 0.5) is 0 Å². The van der Waals surface area contributed by atoms with Crippen molar-refractivity contribution < 1.29 is 14.8 Å². The summed E-state index contributed by atoms with van der Waals surface area (Å²) in [5.41, 5.74) is 0.278. The predicted molar refractivity (Wildman–Crippen MR) is 53.4 cm³/mol. The molecule has 16 heavy (non-hydrogen) atoms. The van der Waals surface area contributed by atoms with E-state index in [1.807, 2.05) is 6.07 Å². The molecule has 6 heteroatoms. The van der Waals surface area contributed by atoms with Crippen LogP contribution in [-0.4, -0.2) is 16.0 Å². The van der Waals surface area contributed by atoms with Gasteiger partial charge in [-0.05, 0) is 5.56 Å². The molecule has 0 aliphatic rings. The molecule has 6 nitrogen and oxygen atoms in total. The molecule has 0 fully saturated rings. The highest BCUT2D eigenvalue weighted by Crippen LogP contribution is 2.16. The number of carboxylic acid groups (broad SMARTS) is 1. The standard InChI is InChI=1S/C10H8N2O4/c11-5-4-7-2-1-3-8(6-12(15)16)9(7)10(13)14/h1-3H,4,6H2,(H,13,14). The van der Waals surface area contributed by atoms with Gasteiger partial charge < -0.3 is 5.11 Å². The number of nitrogens with zero attached hydrogens (tertiary/aromatic N) is 2. The summed E-state index contributed by atoms with van der Waals surface area (Å²) in [7, 11) is 0. The quantitative estimate of drug-likeness (QED) is 0.606. The molecule has 0 spiro atoms. The van der Waals surface area contributed by atoms with E-state index >= 15 is 0 Å². The Morgan fingerprint density at radius 3 is 2.62 bits per heavy atom. The Bertz CT molecular complexity index is 476. The third-order valence-corrected chi connectivity index (χ3v) is 2.02. The molecule has 0 saturated carbocycles. The third kappa shape index (κ3) is 2.54. The zero-order valence-corrected chi connectivity index (χ0v) is 8.21. The molecular formula is C10H8N2O4. The Kier molecular flexibility index (Phi) is 3.56. The van der Waals surface area contributed by atoms with Crippen LogP contribution in [0.5, 0.6) is 0 Å². The topological polar surface area (TPSA) is 104 Å². The Morgan fingerprint density at radius 2 is 2.12 bits per heavy atom. The van der Waals surface area contributed by atoms with Gasteiger partial charge in [0.25, 0.3) is 0 Å². The van der Waals surface area contributed by atoms with Crippen molar-refractivity contribution in [1.29, 1.82) is 5.26 Å². The molecule has 0 radical (unpaired) electrons. The van der Waals surface area contributed by atoms with Gasteiger partial charge in [0, 0.05) is 10.5 Å². The van der Waals surface area contributed by atoms with Crippen LogP contribution >= 0.6 is 0 Å². The lowest BCUT2D eigenvalue weighted by Crippen LogP contribution is -2.10. The van der Waals surface area contributed by atoms with Gasteiger partial charge in [-0.1, -0.05) is 18.2 Å². The van der Waals surface area contributed by atoms with E-state index in [0.717, 1.165) is 0 Å². The zero-order chi connectivity index (χ0) is 12.1. The minimum Gasteiger partial charge on any atom is -0.478 e. The lowest BCUT2D eigenvalue weighted by molar-refractivity contribution is -0.496. The summed E-state index contributed by atoms with van der Waals surface area (Å²) in [6, 6.07) is 6.20. The van der Waals surface area contributed by atoms with Crippen molar-refractivity contribution in [3.63, 3.8) is 0 Å². The van der Waals surface area contributed by atoms with Gasteiger partial charge in [-0.25, -0.2) is 4.79 Å². The first-order valence-corrected chi connectivity index (χ1v) is 4.39. The van der Waals surface area contributed by atoms with E-state index < -0.39 is 17.4 Å². The second kappa shape index (κ2) is 4.89. The van der Waals surface area contributed by atoms with E-state index in [0.29, 0.717) is 5.56 Å². The van der Waals surface area contributed by atoms with Crippen molar-refractivity contribution >= 4 is 5.97 Å². The van der Waals surface area contributed by atoms with Crippen molar-refractivity contribution in [1.82, 2.24) is 0 Å². The van der Waals surface area contributed by atoms with E-state index in [1.54, 1.807) is 0 Å². The van der Waals surface area contributed by atoms with Crippen LogP contribution in [-0.2, 0) is 13.0 Å². The first kappa shape index (κ1) is 11.7. The lowest BCUT2D eigenvalue weighted by atomic mass is 9.99. The van der Waals surface area contributed by atoms with E-state index in [2.05, 4.69) is 0 Å². The zero-order valence-electron chi connectivity index (χ0n) is 8.21. The van der Waals surface area contributed by atoms with Crippen LogP contribution in [0.1, 0.15) is 21.5 Å². The van der Waals surface area contributed by atoms with Crippen LogP contribution < -0.4 is 0 Å². The maximum Gasteiger partial charge on any atom is 0.336 e. The molecule has 82 valence electrons. The van der Waals surface area contributed by atoms with Crippen LogP contribution in [0.2, 0.25) is 0 Å². The van der Waals surface area contributed by atoms with Crippen LogP contribution in [0.15, 0.2) is 18.2 Å². The minimum absolute atomic E-state index is 0.0762. The predicted octanol–water partition coefficient (Wildman–Crippen LogP) is 1.23. The van der Waals surface area contributed by atoms with Crippen LogP contribution in [0.25, 0.3) is 0 Å². The fourth-order valence-electron chi connectivity index (χ4n) is 1.43. The summed E-state index contributed by atoms with van der Waals surface area (Å²) in [4.78, 5) is 20.7. The number of nitriles is 1. The Balaban J connectivity index is 3.27. The van der Waals surface area contributed by atoms with Gasteiger partial charge in [0.2, 0.25) is 6.54 Å². The molecule has 0 unspecified atom stereocenters. The van der Waals surface area contributed by atoms with E-state index in [-0.39, 0.29) is 17.5 Å². The molecule has 0 saturated heterocycles. The maximum atomic E-state index is 11.0. The minimum atomic E-state index is -1.25. The monoisotopic (exact) mass is 220 g/mol. The molecular weight excluding hydrogens is 212 g/mol. The third-order valence-electron chi connectivity index (χ3n) is 2.02. The molecule has 0 bridgehead atoms. The number of carboxylic acids is 1. The van der Waals surface area contributed by atoms with Gasteiger partial charge in [0.05, 0.1) is 18.1 Å². The fourth-order valence-corrected chi connectivity index (χ4v) is 1.43. The highest BCUT2D eigenvalue weighted by Gasteiger charge is 2.17. The summed E-state index contributed by atoms with van der Waals surface area (Å²) in [5, 5.41) is 27.8. The van der Waals surface area contributed by atoms with Gasteiger partial charge in [-0.2, -0.15) is 5.26 Å². The van der Waals surface area contributed by atoms with Crippen molar-refractivity contribution in [3.05, 3.63) is 45.0 Å². The Morgan fingerprint density at radius 1 is 1.50 bits per heavy atom. The average molecular weight is 220 g/mol. The average Bonchev–Trinajstić information content (AvgIpc) is 2.16. The highest BCUT2D eigenvalue weighted by atomic mass is 16.6. The number of carbonyl (C=O) groups is 1. The van der Waals surface area contributed by atoms with Crippen molar-refractivity contribution in [2.24, 2.45) is 0 Å². The molecule has 0 amide bonds. The Labute approximate surface area is 90.9 Å². The second-order valence-electron chi connectivity index (χ2n) is 3.08. The largest absolute Gasteiger partial charge is 0.478 e. The number of hydrogen-bond donors (Lipinski definition) is 1. The number of aromatic carboxylic acids is 1. The summed E-state index contributed by atoms with van der Waals surface area (Å²) >= 11 is 0.